The minimum absolute atomic E-state index is 0.0238. The van der Waals surface area contributed by atoms with Gasteiger partial charge in [-0.3, -0.25) is 47.9 Å². The highest BCUT2D eigenvalue weighted by molar-refractivity contribution is 5.99. The number of carbonyl (C=O) groups excluding carboxylic acids is 11. The molecule has 1 saturated heterocycles. The smallest absolute Gasteiger partial charge is 0.328 e. The Labute approximate surface area is 499 Å². The Morgan fingerprint density at radius 3 is 1.46 bits per heavy atom. The van der Waals surface area contributed by atoms with Gasteiger partial charge in [0.25, 0.3) is 0 Å². The van der Waals surface area contributed by atoms with Crippen molar-refractivity contribution < 1.29 is 62.7 Å². The first-order valence-corrected chi connectivity index (χ1v) is 30.0. The van der Waals surface area contributed by atoms with Crippen molar-refractivity contribution in [1.29, 1.82) is 0 Å². The van der Waals surface area contributed by atoms with E-state index in [1.165, 1.54) is 33.8 Å². The number of hydroxylamine groups is 2. The van der Waals surface area contributed by atoms with Gasteiger partial charge in [-0.2, -0.15) is 0 Å². The van der Waals surface area contributed by atoms with Crippen molar-refractivity contribution in [2.24, 2.45) is 23.7 Å². The van der Waals surface area contributed by atoms with Crippen LogP contribution >= 0.6 is 0 Å². The summed E-state index contributed by atoms with van der Waals surface area (Å²) >= 11 is 0. The van der Waals surface area contributed by atoms with E-state index in [1.54, 1.807) is 62.3 Å². The van der Waals surface area contributed by atoms with Crippen LogP contribution in [0.15, 0.2) is 0 Å². The van der Waals surface area contributed by atoms with Crippen LogP contribution in [-0.4, -0.2) is 162 Å². The minimum Gasteiger partial charge on any atom is -0.467 e. The second-order valence-corrected chi connectivity index (χ2v) is 26.2. The highest BCUT2D eigenvalue weighted by Gasteiger charge is 2.57. The predicted octanol–water partition coefficient (Wildman–Crippen LogP) is 2.22. The molecule has 1 fully saturated rings. The van der Waals surface area contributed by atoms with Gasteiger partial charge >= 0.3 is 5.97 Å². The predicted molar refractivity (Wildman–Crippen MR) is 318 cm³/mol. The number of hydrogen-bond acceptors (Lipinski definition) is 14. The van der Waals surface area contributed by atoms with Crippen LogP contribution in [-0.2, 0) is 62.7 Å². The van der Waals surface area contributed by atoms with E-state index in [2.05, 4.69) is 65.4 Å². The largest absolute Gasteiger partial charge is 0.467 e. The van der Waals surface area contributed by atoms with Crippen molar-refractivity contribution in [3.8, 4) is 0 Å². The summed E-state index contributed by atoms with van der Waals surface area (Å²) in [5.74, 6) is -8.23. The third kappa shape index (κ3) is 26.1. The summed E-state index contributed by atoms with van der Waals surface area (Å²) in [4.78, 5) is 148. The zero-order valence-corrected chi connectivity index (χ0v) is 53.9. The zero-order chi connectivity index (χ0) is 64.6. The molecule has 1 heterocycles. The molecule has 0 aromatic heterocycles. The van der Waals surface area contributed by atoms with Gasteiger partial charge in [-0.1, -0.05) is 101 Å². The van der Waals surface area contributed by atoms with Gasteiger partial charge in [0.15, 0.2) is 0 Å². The summed E-state index contributed by atoms with van der Waals surface area (Å²) in [5.41, 5.74) is -6.83. The Bertz CT molecular complexity index is 2220. The van der Waals surface area contributed by atoms with Gasteiger partial charge in [-0.15, -0.1) is 10.3 Å². The van der Waals surface area contributed by atoms with E-state index in [0.717, 1.165) is 30.7 Å². The SMILES string of the molecule is CCCCCCCCNC(C)(C)C(=O)NCC(=O)N[C@@H](CC(C)C)C(=O)NC(C)(C)C(=O)NCC(=O)NCC(=O)N[C@@H](CC(C)C)C(=O)NC1(C(=O)NCC(=O)N[C@H](C(=O)N[C@@H](CC(C)C)C(=O)OC)[C@@H](C)CC)CC(C)(C)N([O])C(C)(C)C1. The first-order chi connectivity index (χ1) is 38.8. The van der Waals surface area contributed by atoms with Crippen molar-refractivity contribution in [2.75, 3.05) is 39.8 Å². The molecule has 0 unspecified atom stereocenters. The number of unbranched alkanes of at least 4 members (excludes halogenated alkanes) is 5. The van der Waals surface area contributed by atoms with Gasteiger partial charge in [-0.25, -0.2) is 4.79 Å². The van der Waals surface area contributed by atoms with Crippen molar-refractivity contribution in [3.05, 3.63) is 0 Å². The van der Waals surface area contributed by atoms with Crippen LogP contribution in [0.4, 0.5) is 0 Å². The number of amides is 10. The lowest BCUT2D eigenvalue weighted by Crippen LogP contribution is -2.73. The fraction of sp³-hybridized carbons (Fsp3) is 0.814. The summed E-state index contributed by atoms with van der Waals surface area (Å²) in [6.07, 6.45) is 7.23. The average Bonchev–Trinajstić information content (AvgIpc) is 1.35. The molecule has 0 aromatic carbocycles. The molecule has 1 rings (SSSR count). The maximum Gasteiger partial charge on any atom is 0.328 e. The van der Waals surface area contributed by atoms with Crippen molar-refractivity contribution in [1.82, 2.24) is 63.5 Å². The quantitative estimate of drug-likeness (QED) is 0.0314. The molecule has 1 radical (unpaired) electrons. The van der Waals surface area contributed by atoms with Gasteiger partial charge in [0.2, 0.25) is 59.1 Å². The normalized spacial score (nSPS) is 16.6. The molecule has 25 nitrogen and oxygen atoms in total. The summed E-state index contributed by atoms with van der Waals surface area (Å²) < 4.78 is 4.89. The molecule has 0 spiro atoms. The highest BCUT2D eigenvalue weighted by atomic mass is 16.5. The molecule has 11 N–H and O–H groups in total. The fourth-order valence-electron chi connectivity index (χ4n) is 10.2. The third-order valence-corrected chi connectivity index (χ3v) is 14.7. The number of carbonyl (C=O) groups is 11. The number of nitrogens with one attached hydrogen (secondary N) is 11. The summed E-state index contributed by atoms with van der Waals surface area (Å²) in [6, 6.07) is -4.41. The lowest BCUT2D eigenvalue weighted by atomic mass is 9.69. The Balaban J connectivity index is 3.09. The zero-order valence-electron chi connectivity index (χ0n) is 53.9. The lowest BCUT2D eigenvalue weighted by Gasteiger charge is -2.54. The van der Waals surface area contributed by atoms with Crippen LogP contribution in [0.2, 0.25) is 0 Å². The number of piperidine rings is 1. The van der Waals surface area contributed by atoms with Crippen LogP contribution in [0.3, 0.4) is 0 Å². The van der Waals surface area contributed by atoms with Crippen LogP contribution < -0.4 is 58.5 Å². The molecule has 1 aliphatic heterocycles. The fourth-order valence-corrected chi connectivity index (χ4v) is 10.2. The Morgan fingerprint density at radius 2 is 0.964 bits per heavy atom. The Hall–Kier alpha value is -5.95. The maximum atomic E-state index is 14.5. The van der Waals surface area contributed by atoms with E-state index < -0.39 is 137 Å². The molecule has 0 bridgehead atoms. The molecule has 84 heavy (non-hydrogen) atoms. The number of rotatable bonds is 37. The third-order valence-electron chi connectivity index (χ3n) is 14.7. The molecule has 25 heteroatoms. The Morgan fingerprint density at radius 1 is 0.524 bits per heavy atom. The molecule has 5 atom stereocenters. The first-order valence-electron chi connectivity index (χ1n) is 30.0. The van der Waals surface area contributed by atoms with Crippen molar-refractivity contribution >= 4 is 65.0 Å². The number of methoxy groups -OCH3 is 1. The van der Waals surface area contributed by atoms with Gasteiger partial charge < -0.3 is 63.2 Å². The number of nitrogens with zero attached hydrogens (tertiary/aromatic N) is 1. The van der Waals surface area contributed by atoms with Gasteiger partial charge in [0.05, 0.1) is 38.8 Å². The van der Waals surface area contributed by atoms with E-state index in [4.69, 9.17) is 4.74 Å². The first kappa shape index (κ1) is 76.1. The second kappa shape index (κ2) is 34.9. The van der Waals surface area contributed by atoms with Crippen molar-refractivity contribution in [2.45, 2.75) is 247 Å². The van der Waals surface area contributed by atoms with E-state index in [-0.39, 0.29) is 62.3 Å². The molecule has 10 amide bonds. The van der Waals surface area contributed by atoms with E-state index in [0.29, 0.717) is 13.0 Å². The van der Waals surface area contributed by atoms with Gasteiger partial charge in [-0.05, 0) is 124 Å². The molecule has 1 aliphatic rings. The number of ether oxygens (including phenoxy) is 1. The van der Waals surface area contributed by atoms with Crippen LogP contribution in [0.1, 0.15) is 195 Å². The molecular weight excluding hydrogens is 1080 g/mol. The highest BCUT2D eigenvalue weighted by Crippen LogP contribution is 2.43. The summed E-state index contributed by atoms with van der Waals surface area (Å²) in [7, 11) is 1.21. The lowest BCUT2D eigenvalue weighted by molar-refractivity contribution is -0.295. The van der Waals surface area contributed by atoms with Crippen LogP contribution in [0, 0.1) is 23.7 Å². The standard InChI is InChI=1S/C59H107N12O13/c1-19-21-22-23-24-25-26-64-57(14,15)52(80)62-32-45(74)65-40(27-36(3)4)48(76)69-58(16,17)53(81)61-30-43(72)60-31-44(73)66-41(28-37(5)6)49(77)70-59(34-55(10,11)71(83)56(12,13)35-59)54(82)63-33-46(75)68-47(39(9)20-2)50(78)67-42(29-38(7)8)51(79)84-18/h36-42,47,64H,19-35H2,1-18H3,(H,60,72)(H,61,81)(H,62,80)(H,63,82)(H,65,74)(H,66,73)(H,67,78)(H,68,75)(H,69,76)(H,70,77)/t39-,40-,41-,42-,47-/m0/s1. The van der Waals surface area contributed by atoms with E-state index in [1.807, 2.05) is 34.6 Å². The minimum atomic E-state index is -1.81. The van der Waals surface area contributed by atoms with Gasteiger partial charge in [0.1, 0.15) is 35.2 Å². The van der Waals surface area contributed by atoms with E-state index in [9.17, 15) is 57.9 Å². The molecule has 0 aromatic rings. The van der Waals surface area contributed by atoms with Crippen LogP contribution in [0.5, 0.6) is 0 Å². The average molecular weight is 1190 g/mol. The second-order valence-electron chi connectivity index (χ2n) is 26.2. The number of hydrogen-bond donors (Lipinski definition) is 11. The van der Waals surface area contributed by atoms with Crippen LogP contribution in [0.25, 0.3) is 0 Å². The monoisotopic (exact) mass is 1190 g/mol. The van der Waals surface area contributed by atoms with Crippen molar-refractivity contribution in [3.63, 3.8) is 0 Å². The molecule has 481 valence electrons. The topological polar surface area (TPSA) is 352 Å². The Kier molecular flexibility index (Phi) is 31.6. The number of esters is 1. The van der Waals surface area contributed by atoms with Gasteiger partial charge in [0, 0.05) is 11.1 Å². The molecule has 0 aliphatic carbocycles. The summed E-state index contributed by atoms with van der Waals surface area (Å²) in [6.45, 7) is 27.9. The van der Waals surface area contributed by atoms with E-state index >= 15 is 0 Å². The molecular formula is C59H107N12O13. The maximum absolute atomic E-state index is 14.5. The molecule has 0 saturated carbocycles. The summed E-state index contributed by atoms with van der Waals surface area (Å²) in [5, 5.41) is 43.9.